The van der Waals surface area contributed by atoms with Crippen molar-refractivity contribution in [3.05, 3.63) is 28.2 Å². The molecule has 0 bridgehead atoms. The zero-order valence-electron chi connectivity index (χ0n) is 9.61. The van der Waals surface area contributed by atoms with E-state index in [0.717, 1.165) is 9.37 Å². The van der Waals surface area contributed by atoms with Crippen LogP contribution in [0.3, 0.4) is 0 Å². The molecule has 0 aromatic heterocycles. The van der Waals surface area contributed by atoms with Crippen LogP contribution in [0.15, 0.2) is 27.6 Å². The Balaban J connectivity index is 2.61. The van der Waals surface area contributed by atoms with Crippen LogP contribution in [0.2, 0.25) is 0 Å². The largest absolute Gasteiger partial charge is 0.396 e. The van der Waals surface area contributed by atoms with Crippen molar-refractivity contribution in [3.8, 4) is 0 Å². The Morgan fingerprint density at radius 2 is 2.29 bits per heavy atom. The van der Waals surface area contributed by atoms with Crippen LogP contribution in [0, 0.1) is 5.92 Å². The molecule has 5 heteroatoms. The number of nitrogens with one attached hydrogen (secondary N) is 1. The Labute approximate surface area is 115 Å². The molecule has 0 fully saturated rings. The molecule has 1 amide bonds. The summed E-state index contributed by atoms with van der Waals surface area (Å²) in [6, 6.07) is 5.34. The Morgan fingerprint density at radius 1 is 1.59 bits per heavy atom. The maximum Gasteiger partial charge on any atom is 0.252 e. The van der Waals surface area contributed by atoms with Crippen LogP contribution in [-0.4, -0.2) is 24.2 Å². The number of carbonyl (C=O) groups is 1. The van der Waals surface area contributed by atoms with Crippen LogP contribution in [0.5, 0.6) is 0 Å². The Bertz CT molecular complexity index is 398. The molecular weight excluding hydrogens is 302 g/mol. The number of hydrogen-bond acceptors (Lipinski definition) is 3. The summed E-state index contributed by atoms with van der Waals surface area (Å²) < 4.78 is 0.752. The second-order valence-corrected chi connectivity index (χ2v) is 5.36. The highest BCUT2D eigenvalue weighted by Gasteiger charge is 2.11. The van der Waals surface area contributed by atoms with Gasteiger partial charge in [-0.1, -0.05) is 6.92 Å². The van der Waals surface area contributed by atoms with Crippen molar-refractivity contribution in [3.63, 3.8) is 0 Å². The summed E-state index contributed by atoms with van der Waals surface area (Å²) in [6.45, 7) is 2.69. The summed E-state index contributed by atoms with van der Waals surface area (Å²) in [5.41, 5.74) is 0.577. The van der Waals surface area contributed by atoms with Crippen molar-refractivity contribution in [2.75, 3.05) is 13.2 Å². The van der Waals surface area contributed by atoms with Gasteiger partial charge in [0, 0.05) is 22.5 Å². The fourth-order valence-electron chi connectivity index (χ4n) is 1.37. The van der Waals surface area contributed by atoms with Crippen molar-refractivity contribution in [2.45, 2.75) is 18.2 Å². The minimum atomic E-state index is -0.127. The fourth-order valence-corrected chi connectivity index (χ4v) is 2.00. The van der Waals surface area contributed by atoms with E-state index in [0.29, 0.717) is 18.5 Å². The molecule has 94 valence electrons. The Hall–Kier alpha value is -0.520. The van der Waals surface area contributed by atoms with Crippen molar-refractivity contribution in [1.82, 2.24) is 5.32 Å². The number of thiol groups is 1. The van der Waals surface area contributed by atoms with Crippen molar-refractivity contribution >= 4 is 34.5 Å². The summed E-state index contributed by atoms with van der Waals surface area (Å²) >= 11 is 7.54. The van der Waals surface area contributed by atoms with Gasteiger partial charge in [0.05, 0.1) is 5.56 Å². The fraction of sp³-hybridized carbons (Fsp3) is 0.417. The van der Waals surface area contributed by atoms with Gasteiger partial charge < -0.3 is 10.4 Å². The number of aliphatic hydroxyl groups excluding tert-OH is 1. The maximum absolute atomic E-state index is 11.9. The maximum atomic E-state index is 11.9. The minimum absolute atomic E-state index is 0.127. The van der Waals surface area contributed by atoms with Crippen LogP contribution in [0.1, 0.15) is 23.7 Å². The molecule has 3 nitrogen and oxygen atoms in total. The molecule has 0 spiro atoms. The summed E-state index contributed by atoms with van der Waals surface area (Å²) in [5.74, 6) is 0.138. The summed E-state index contributed by atoms with van der Waals surface area (Å²) in [6.07, 6.45) is 0.689. The number of hydrogen-bond donors (Lipinski definition) is 3. The lowest BCUT2D eigenvalue weighted by Crippen LogP contribution is -2.28. The molecule has 0 saturated carbocycles. The average Bonchev–Trinajstić information content (AvgIpc) is 2.29. The van der Waals surface area contributed by atoms with Gasteiger partial charge in [0.1, 0.15) is 0 Å². The van der Waals surface area contributed by atoms with Crippen molar-refractivity contribution < 1.29 is 9.90 Å². The molecule has 0 heterocycles. The smallest absolute Gasteiger partial charge is 0.252 e. The quantitative estimate of drug-likeness (QED) is 0.731. The molecule has 1 unspecified atom stereocenters. The lowest BCUT2D eigenvalue weighted by atomic mass is 10.1. The lowest BCUT2D eigenvalue weighted by Gasteiger charge is -2.12. The topological polar surface area (TPSA) is 49.3 Å². The molecule has 0 aliphatic carbocycles. The van der Waals surface area contributed by atoms with Crippen LogP contribution in [0.4, 0.5) is 0 Å². The summed E-state index contributed by atoms with van der Waals surface area (Å²) in [4.78, 5) is 12.6. The Morgan fingerprint density at radius 3 is 2.94 bits per heavy atom. The van der Waals surface area contributed by atoms with E-state index in [1.165, 1.54) is 0 Å². The number of benzene rings is 1. The van der Waals surface area contributed by atoms with Gasteiger partial charge in [0.25, 0.3) is 5.91 Å². The second-order valence-electron chi connectivity index (χ2n) is 3.99. The van der Waals surface area contributed by atoms with E-state index in [-0.39, 0.29) is 18.4 Å². The van der Waals surface area contributed by atoms with Gasteiger partial charge >= 0.3 is 0 Å². The van der Waals surface area contributed by atoms with Gasteiger partial charge in [-0.05, 0) is 46.5 Å². The molecule has 1 rings (SSSR count). The molecule has 1 atom stereocenters. The molecule has 1 aromatic carbocycles. The third-order valence-electron chi connectivity index (χ3n) is 2.43. The second kappa shape index (κ2) is 7.03. The van der Waals surface area contributed by atoms with Crippen LogP contribution < -0.4 is 5.32 Å². The molecule has 2 N–H and O–H groups in total. The van der Waals surface area contributed by atoms with Gasteiger partial charge in [-0.2, -0.15) is 0 Å². The average molecular weight is 318 g/mol. The Kier molecular flexibility index (Phi) is 6.02. The van der Waals surface area contributed by atoms with E-state index in [4.69, 9.17) is 5.11 Å². The van der Waals surface area contributed by atoms with E-state index >= 15 is 0 Å². The lowest BCUT2D eigenvalue weighted by molar-refractivity contribution is 0.0944. The molecule has 17 heavy (non-hydrogen) atoms. The molecule has 0 aliphatic heterocycles. The zero-order valence-corrected chi connectivity index (χ0v) is 12.1. The van der Waals surface area contributed by atoms with Gasteiger partial charge in [-0.3, -0.25) is 4.79 Å². The van der Waals surface area contributed by atoms with Crippen molar-refractivity contribution in [1.29, 1.82) is 0 Å². The number of amides is 1. The first-order valence-corrected chi connectivity index (χ1v) is 6.66. The molecule has 0 aliphatic rings. The zero-order chi connectivity index (χ0) is 12.8. The van der Waals surface area contributed by atoms with Crippen molar-refractivity contribution in [2.24, 2.45) is 5.92 Å². The summed E-state index contributed by atoms with van der Waals surface area (Å²) in [5, 5.41) is 11.6. The third kappa shape index (κ3) is 4.69. The van der Waals surface area contributed by atoms with Crippen LogP contribution in [-0.2, 0) is 0 Å². The van der Waals surface area contributed by atoms with Crippen LogP contribution >= 0.6 is 28.6 Å². The first kappa shape index (κ1) is 14.5. The number of halogens is 1. The highest BCUT2D eigenvalue weighted by Crippen LogP contribution is 2.20. The number of carbonyl (C=O) groups excluding carboxylic acids is 1. The molecule has 1 aromatic rings. The number of rotatable bonds is 5. The standard InChI is InChI=1S/C12H16BrNO2S/c1-8(4-5-15)7-14-12(16)10-6-9(17)2-3-11(10)13/h2-3,6,8,15,17H,4-5,7H2,1H3,(H,14,16). The molecule has 0 saturated heterocycles. The van der Waals surface area contributed by atoms with E-state index in [9.17, 15) is 4.79 Å². The van der Waals surface area contributed by atoms with E-state index in [2.05, 4.69) is 33.9 Å². The van der Waals surface area contributed by atoms with Gasteiger partial charge in [-0.15, -0.1) is 12.6 Å². The van der Waals surface area contributed by atoms with E-state index in [1.807, 2.05) is 13.0 Å². The first-order valence-electron chi connectivity index (χ1n) is 5.42. The van der Waals surface area contributed by atoms with Crippen LogP contribution in [0.25, 0.3) is 0 Å². The highest BCUT2D eigenvalue weighted by molar-refractivity contribution is 9.10. The third-order valence-corrected chi connectivity index (χ3v) is 3.40. The van der Waals surface area contributed by atoms with E-state index < -0.39 is 0 Å². The predicted octanol–water partition coefficient (Wildman–Crippen LogP) is 2.49. The van der Waals surface area contributed by atoms with E-state index in [1.54, 1.807) is 12.1 Å². The molecular formula is C12H16BrNO2S. The number of aliphatic hydroxyl groups is 1. The van der Waals surface area contributed by atoms with Gasteiger partial charge in [0.2, 0.25) is 0 Å². The normalized spacial score (nSPS) is 12.2. The SMILES string of the molecule is CC(CCO)CNC(=O)c1cc(S)ccc1Br. The van der Waals surface area contributed by atoms with Gasteiger partial charge in [0.15, 0.2) is 0 Å². The minimum Gasteiger partial charge on any atom is -0.396 e. The predicted molar refractivity (Wildman–Crippen MR) is 74.6 cm³/mol. The highest BCUT2D eigenvalue weighted by atomic mass is 79.9. The first-order chi connectivity index (χ1) is 8.04. The summed E-state index contributed by atoms with van der Waals surface area (Å²) in [7, 11) is 0. The van der Waals surface area contributed by atoms with Gasteiger partial charge in [-0.25, -0.2) is 0 Å². The monoisotopic (exact) mass is 317 g/mol. The molecule has 0 radical (unpaired) electrons.